The molecule has 0 heterocycles. The first-order valence-corrected chi connectivity index (χ1v) is 0. The van der Waals surface area contributed by atoms with Gasteiger partial charge in [0.2, 0.25) is 0 Å². The molecule has 0 bridgehead atoms. The van der Waals surface area contributed by atoms with Crippen molar-refractivity contribution in [3.8, 4) is 0 Å². The Kier molecular flexibility index (Phi) is 198. The Balaban J connectivity index is 0. The molecule has 0 amide bonds. The molecule has 5 heteroatoms. The van der Waals surface area contributed by atoms with Crippen LogP contribution in [-0.2, 0) is 0 Å². The fourth-order valence-electron chi connectivity index (χ4n) is 0. The Morgan fingerprint density at radius 1 is 1.20 bits per heavy atom. The molecule has 0 rings (SSSR count). The van der Waals surface area contributed by atoms with Gasteiger partial charge >= 0.3 is 96.3 Å². The van der Waals surface area contributed by atoms with Crippen LogP contribution in [0.15, 0.2) is 0 Å². The summed E-state index contributed by atoms with van der Waals surface area (Å²) in [5.74, 6) is 0. The summed E-state index contributed by atoms with van der Waals surface area (Å²) >= 11 is 0. The molecule has 0 aromatic heterocycles. The van der Waals surface area contributed by atoms with Gasteiger partial charge < -0.3 is 8.56 Å². The first kappa shape index (κ1) is 38.6. The third-order valence-corrected chi connectivity index (χ3v) is 0. The van der Waals surface area contributed by atoms with Crippen molar-refractivity contribution >= 4 is 65.2 Å². The van der Waals surface area contributed by atoms with Crippen molar-refractivity contribution in [2.24, 2.45) is 0 Å². The van der Waals surface area contributed by atoms with E-state index in [2.05, 4.69) is 0 Å². The molecular formula is H9AlBeCaLiNa. The molecule has 0 fully saturated rings. The van der Waals surface area contributed by atoms with E-state index in [4.69, 9.17) is 0 Å². The Hall–Kier alpha value is 3.56. The molecule has 0 nitrogen and oxygen atoms in total. The van der Waals surface area contributed by atoms with Crippen LogP contribution in [-0.4, -0.2) is 65.2 Å². The van der Waals surface area contributed by atoms with Gasteiger partial charge in [0, 0.05) is 0 Å². The van der Waals surface area contributed by atoms with Crippen LogP contribution in [0.25, 0.3) is 0 Å². The van der Waals surface area contributed by atoms with E-state index in [0.717, 1.165) is 0 Å². The molecular weight excluding hydrogens is 106 g/mol. The summed E-state index contributed by atoms with van der Waals surface area (Å²) in [6.07, 6.45) is 0. The molecule has 0 saturated carbocycles. The van der Waals surface area contributed by atoms with Gasteiger partial charge in [-0.25, -0.2) is 0 Å². The van der Waals surface area contributed by atoms with Crippen molar-refractivity contribution in [2.45, 2.75) is 0 Å². The van der Waals surface area contributed by atoms with Crippen LogP contribution in [0.5, 0.6) is 0 Å². The smallest absolute Gasteiger partial charge is 1.00 e. The van der Waals surface area contributed by atoms with Gasteiger partial charge in [0.15, 0.2) is 17.4 Å². The summed E-state index contributed by atoms with van der Waals surface area (Å²) in [7, 11) is 0. The van der Waals surface area contributed by atoms with E-state index in [0.29, 0.717) is 0 Å². The minimum Gasteiger partial charge on any atom is -1.00 e. The maximum Gasteiger partial charge on any atom is 2.00 e. The fourth-order valence-corrected chi connectivity index (χ4v) is 0. The summed E-state index contributed by atoms with van der Waals surface area (Å²) in [6.45, 7) is 0. The molecule has 0 aliphatic heterocycles. The molecule has 0 atom stereocenters. The van der Waals surface area contributed by atoms with Gasteiger partial charge in [0.25, 0.3) is 0 Å². The van der Waals surface area contributed by atoms with E-state index in [-0.39, 0.29) is 122 Å². The molecule has 0 saturated heterocycles. The van der Waals surface area contributed by atoms with Crippen molar-refractivity contribution in [1.29, 1.82) is 0 Å². The van der Waals surface area contributed by atoms with Crippen LogP contribution in [0.1, 0.15) is 8.56 Å². The summed E-state index contributed by atoms with van der Waals surface area (Å²) < 4.78 is 0. The van der Waals surface area contributed by atoms with E-state index in [9.17, 15) is 0 Å². The van der Waals surface area contributed by atoms with Gasteiger partial charge in [-0.05, 0) is 0 Å². The van der Waals surface area contributed by atoms with E-state index in [1.54, 1.807) is 0 Å². The van der Waals surface area contributed by atoms with Gasteiger partial charge in [-0.1, -0.05) is 0 Å². The Labute approximate surface area is 120 Å². The van der Waals surface area contributed by atoms with Crippen LogP contribution in [0.4, 0.5) is 0 Å². The van der Waals surface area contributed by atoms with Crippen molar-refractivity contribution < 1.29 is 57.0 Å². The van der Waals surface area contributed by atoms with Crippen molar-refractivity contribution in [2.75, 3.05) is 0 Å². The molecule has 0 unspecified atom stereocenters. The zero-order valence-corrected chi connectivity index (χ0v) is 7.62. The Morgan fingerprint density at radius 2 is 1.20 bits per heavy atom. The summed E-state index contributed by atoms with van der Waals surface area (Å²) in [5, 5.41) is 0. The van der Waals surface area contributed by atoms with Crippen molar-refractivity contribution in [1.82, 2.24) is 0 Å². The van der Waals surface area contributed by atoms with Gasteiger partial charge in [0.05, 0.1) is 0 Å². The normalized spacial score (nSPS) is 0. The van der Waals surface area contributed by atoms with Gasteiger partial charge in [-0.3, -0.25) is 0 Å². The largest absolute Gasteiger partial charge is 2.00 e. The fraction of sp³-hybridized carbons (Fsp3) is 0. The minimum absolute atomic E-state index is 0. The topological polar surface area (TPSA) is 0 Å². The second-order valence-electron chi connectivity index (χ2n) is 0. The Bertz CT molecular complexity index is 22.5. The first-order valence-electron chi connectivity index (χ1n) is 0. The summed E-state index contributed by atoms with van der Waals surface area (Å²) in [4.78, 5) is 0. The third kappa shape index (κ3) is 18.4. The number of rotatable bonds is 0. The van der Waals surface area contributed by atoms with Gasteiger partial charge in [0.1, 0.15) is 0 Å². The van der Waals surface area contributed by atoms with Crippen LogP contribution < -0.4 is 48.4 Å². The predicted molar refractivity (Wildman–Crippen MR) is 28.1 cm³/mol. The van der Waals surface area contributed by atoms with Crippen LogP contribution in [0.3, 0.4) is 0 Å². The standard InChI is InChI=1S/Al.Be.Ca.Li.Na.9H/q;2*+2;2*+1;;;;6*-1. The number of hydrogen-bond acceptors (Lipinski definition) is 0. The molecule has 5 heavy (non-hydrogen) atoms. The molecule has 0 aliphatic rings. The van der Waals surface area contributed by atoms with Gasteiger partial charge in [-0.2, -0.15) is 0 Å². The average Bonchev–Trinajstić information content (AvgIpc) is 0. The third-order valence-electron chi connectivity index (χ3n) is 0. The SMILES string of the molecule is [AlH3].[Be+2].[Ca+2].[H-].[H-].[H-].[H-].[H-].[H-].[Li+].[Na+]. The molecule has 0 N–H and O–H groups in total. The van der Waals surface area contributed by atoms with Crippen LogP contribution >= 0.6 is 0 Å². The Morgan fingerprint density at radius 3 is 1.20 bits per heavy atom. The quantitative estimate of drug-likeness (QED) is 0.275. The second kappa shape index (κ2) is 25.7. The second-order valence-corrected chi connectivity index (χ2v) is 0. The summed E-state index contributed by atoms with van der Waals surface area (Å²) in [6, 6.07) is 0. The van der Waals surface area contributed by atoms with E-state index < -0.39 is 0 Å². The molecule has 18 valence electrons. The van der Waals surface area contributed by atoms with E-state index in [1.807, 2.05) is 0 Å². The van der Waals surface area contributed by atoms with E-state index in [1.165, 1.54) is 0 Å². The predicted octanol–water partition coefficient (Wildman–Crippen LogP) is -7.26. The molecule has 0 spiro atoms. The molecule has 0 radical (unpaired) electrons. The maximum atomic E-state index is 0. The average molecular weight is 115 g/mol. The molecule has 0 aromatic rings. The zero-order chi connectivity index (χ0) is 0. The number of hydrogen-bond donors (Lipinski definition) is 0. The maximum absolute atomic E-state index is 0. The minimum atomic E-state index is 0. The van der Waals surface area contributed by atoms with Crippen LogP contribution in [0, 0.1) is 0 Å². The first-order chi connectivity index (χ1) is 0. The molecule has 0 aromatic carbocycles. The summed E-state index contributed by atoms with van der Waals surface area (Å²) in [5.41, 5.74) is 0. The van der Waals surface area contributed by atoms with Crippen molar-refractivity contribution in [3.05, 3.63) is 0 Å². The van der Waals surface area contributed by atoms with E-state index >= 15 is 0 Å². The van der Waals surface area contributed by atoms with Gasteiger partial charge in [-0.15, -0.1) is 0 Å². The zero-order valence-electron chi connectivity index (χ0n) is 9.41. The molecule has 0 aliphatic carbocycles. The van der Waals surface area contributed by atoms with Crippen molar-refractivity contribution in [3.63, 3.8) is 0 Å². The monoisotopic (exact) mass is 115 g/mol. The van der Waals surface area contributed by atoms with Crippen LogP contribution in [0.2, 0.25) is 0 Å².